The molecule has 0 saturated heterocycles. The van der Waals surface area contributed by atoms with Gasteiger partial charge in [-0.25, -0.2) is 0 Å². The molecule has 1 unspecified atom stereocenters. The Hall–Kier alpha value is -0.830. The quantitative estimate of drug-likeness (QED) is 0.625. The van der Waals surface area contributed by atoms with Crippen LogP contribution in [-0.4, -0.2) is 13.1 Å². The lowest BCUT2D eigenvalue weighted by atomic mass is 9.88. The number of benzene rings is 1. The van der Waals surface area contributed by atoms with Crippen molar-refractivity contribution in [2.24, 2.45) is 5.92 Å². The molecule has 0 aliphatic rings. The third-order valence-electron chi connectivity index (χ3n) is 2.61. The highest BCUT2D eigenvalue weighted by Crippen LogP contribution is 2.26. The number of carbonyl (C=O) groups excluding carboxylic acids is 1. The van der Waals surface area contributed by atoms with Crippen molar-refractivity contribution in [2.75, 3.05) is 7.11 Å². The van der Waals surface area contributed by atoms with Crippen LogP contribution in [0.1, 0.15) is 30.9 Å². The van der Waals surface area contributed by atoms with Crippen molar-refractivity contribution in [3.05, 3.63) is 35.4 Å². The second kappa shape index (κ2) is 6.04. The van der Waals surface area contributed by atoms with E-state index in [4.69, 9.17) is 4.74 Å². The molecule has 0 fully saturated rings. The Bertz CT molecular complexity index is 343. The van der Waals surface area contributed by atoms with E-state index < -0.39 is 0 Å². The molecule has 0 spiro atoms. The lowest BCUT2D eigenvalue weighted by Crippen LogP contribution is -2.19. The smallest absolute Gasteiger partial charge is 0.313 e. The number of hydrogen-bond acceptors (Lipinski definition) is 2. The Labute approximate surface area is 105 Å². The molecular formula is C13H17BrO2. The minimum Gasteiger partial charge on any atom is -0.469 e. The highest BCUT2D eigenvalue weighted by atomic mass is 79.9. The predicted octanol–water partition coefficient (Wildman–Crippen LogP) is 3.49. The van der Waals surface area contributed by atoms with Gasteiger partial charge in [-0.2, -0.15) is 0 Å². The molecule has 0 radical (unpaired) electrons. The number of esters is 1. The van der Waals surface area contributed by atoms with Crippen LogP contribution >= 0.6 is 15.9 Å². The average Bonchev–Trinajstić information content (AvgIpc) is 2.29. The van der Waals surface area contributed by atoms with Gasteiger partial charge in [0.2, 0.25) is 0 Å². The number of hydrogen-bond donors (Lipinski definition) is 0. The maximum Gasteiger partial charge on any atom is 0.313 e. The van der Waals surface area contributed by atoms with E-state index in [1.807, 2.05) is 38.1 Å². The van der Waals surface area contributed by atoms with E-state index in [1.165, 1.54) is 12.7 Å². The van der Waals surface area contributed by atoms with Gasteiger partial charge in [0.25, 0.3) is 0 Å². The molecule has 0 aliphatic heterocycles. The Morgan fingerprint density at radius 1 is 1.31 bits per heavy atom. The molecule has 0 aromatic heterocycles. The second-order valence-electron chi connectivity index (χ2n) is 4.12. The highest BCUT2D eigenvalue weighted by molar-refractivity contribution is 9.08. The minimum absolute atomic E-state index is 0.165. The van der Waals surface area contributed by atoms with Crippen molar-refractivity contribution >= 4 is 21.9 Å². The molecular weight excluding hydrogens is 268 g/mol. The zero-order chi connectivity index (χ0) is 12.1. The van der Waals surface area contributed by atoms with Gasteiger partial charge in [-0.1, -0.05) is 54.0 Å². The van der Waals surface area contributed by atoms with Crippen LogP contribution in [0.5, 0.6) is 0 Å². The monoisotopic (exact) mass is 284 g/mol. The lowest BCUT2D eigenvalue weighted by molar-refractivity contribution is -0.143. The lowest BCUT2D eigenvalue weighted by Gasteiger charge is -2.18. The molecule has 3 heteroatoms. The number of alkyl halides is 1. The number of methoxy groups -OCH3 is 1. The Balaban J connectivity index is 2.97. The fourth-order valence-electron chi connectivity index (χ4n) is 1.73. The van der Waals surface area contributed by atoms with Crippen molar-refractivity contribution in [3.8, 4) is 0 Å². The van der Waals surface area contributed by atoms with Crippen LogP contribution < -0.4 is 0 Å². The number of halogens is 1. The summed E-state index contributed by atoms with van der Waals surface area (Å²) in [7, 11) is 1.44. The first-order valence-corrected chi connectivity index (χ1v) is 6.45. The van der Waals surface area contributed by atoms with Gasteiger partial charge >= 0.3 is 5.97 Å². The first kappa shape index (κ1) is 13.2. The van der Waals surface area contributed by atoms with E-state index in [0.717, 1.165) is 10.9 Å². The second-order valence-corrected chi connectivity index (χ2v) is 4.68. The summed E-state index contributed by atoms with van der Waals surface area (Å²) in [4.78, 5) is 11.7. The molecule has 88 valence electrons. The molecule has 2 nitrogen and oxygen atoms in total. The molecule has 0 amide bonds. The van der Waals surface area contributed by atoms with Crippen molar-refractivity contribution in [1.82, 2.24) is 0 Å². The summed E-state index contributed by atoms with van der Waals surface area (Å²) in [6, 6.07) is 8.06. The van der Waals surface area contributed by atoms with Crippen molar-refractivity contribution in [1.29, 1.82) is 0 Å². The number of carbonyl (C=O) groups is 1. The maximum absolute atomic E-state index is 11.7. The van der Waals surface area contributed by atoms with Gasteiger partial charge in [0.15, 0.2) is 0 Å². The Kier molecular flexibility index (Phi) is 5.00. The standard InChI is InChI=1S/C13H17BrO2/c1-9(2)12(13(15)16-3)11-6-4-10(8-14)5-7-11/h4-7,9,12H,8H2,1-3H3. The summed E-state index contributed by atoms with van der Waals surface area (Å²) in [6.07, 6.45) is 0. The highest BCUT2D eigenvalue weighted by Gasteiger charge is 2.24. The van der Waals surface area contributed by atoms with Crippen LogP contribution in [0.3, 0.4) is 0 Å². The van der Waals surface area contributed by atoms with Crippen LogP contribution in [0.2, 0.25) is 0 Å². The van der Waals surface area contributed by atoms with E-state index in [9.17, 15) is 4.79 Å². The van der Waals surface area contributed by atoms with Crippen molar-refractivity contribution in [3.63, 3.8) is 0 Å². The van der Waals surface area contributed by atoms with Crippen LogP contribution in [0, 0.1) is 5.92 Å². The van der Waals surface area contributed by atoms with Gasteiger partial charge in [-0.3, -0.25) is 4.79 Å². The molecule has 0 aliphatic carbocycles. The molecule has 0 bridgehead atoms. The Morgan fingerprint density at radius 3 is 2.25 bits per heavy atom. The van der Waals surface area contributed by atoms with Crippen LogP contribution in [0.15, 0.2) is 24.3 Å². The zero-order valence-corrected chi connectivity index (χ0v) is 11.5. The summed E-state index contributed by atoms with van der Waals surface area (Å²) in [6.45, 7) is 4.06. The molecule has 0 heterocycles. The molecule has 0 saturated carbocycles. The number of ether oxygens (including phenoxy) is 1. The third kappa shape index (κ3) is 3.08. The minimum atomic E-state index is -0.172. The van der Waals surface area contributed by atoms with Crippen LogP contribution in [0.4, 0.5) is 0 Å². The number of rotatable bonds is 4. The summed E-state index contributed by atoms with van der Waals surface area (Å²) in [5.41, 5.74) is 2.22. The van der Waals surface area contributed by atoms with Gasteiger partial charge in [0, 0.05) is 5.33 Å². The van der Waals surface area contributed by atoms with Crippen LogP contribution in [0.25, 0.3) is 0 Å². The van der Waals surface area contributed by atoms with Gasteiger partial charge < -0.3 is 4.74 Å². The van der Waals surface area contributed by atoms with Gasteiger partial charge in [0.1, 0.15) is 0 Å². The topological polar surface area (TPSA) is 26.3 Å². The molecule has 1 aromatic carbocycles. The summed E-state index contributed by atoms with van der Waals surface area (Å²) in [5, 5.41) is 0.831. The van der Waals surface area contributed by atoms with Crippen molar-refractivity contribution in [2.45, 2.75) is 25.1 Å². The maximum atomic E-state index is 11.7. The summed E-state index contributed by atoms with van der Waals surface area (Å²) < 4.78 is 4.84. The van der Waals surface area contributed by atoms with E-state index in [2.05, 4.69) is 15.9 Å². The van der Waals surface area contributed by atoms with E-state index in [-0.39, 0.29) is 17.8 Å². The van der Waals surface area contributed by atoms with Gasteiger partial charge in [-0.15, -0.1) is 0 Å². The van der Waals surface area contributed by atoms with Gasteiger partial charge in [-0.05, 0) is 17.0 Å². The van der Waals surface area contributed by atoms with Crippen molar-refractivity contribution < 1.29 is 9.53 Å². The molecule has 16 heavy (non-hydrogen) atoms. The fourth-order valence-corrected chi connectivity index (χ4v) is 2.11. The zero-order valence-electron chi connectivity index (χ0n) is 9.87. The largest absolute Gasteiger partial charge is 0.469 e. The molecule has 1 atom stereocenters. The molecule has 1 rings (SSSR count). The average molecular weight is 285 g/mol. The predicted molar refractivity (Wildman–Crippen MR) is 68.7 cm³/mol. The Morgan fingerprint density at radius 2 is 1.88 bits per heavy atom. The first-order valence-electron chi connectivity index (χ1n) is 5.32. The molecule has 0 N–H and O–H groups in total. The van der Waals surface area contributed by atoms with E-state index >= 15 is 0 Å². The van der Waals surface area contributed by atoms with Crippen LogP contribution in [-0.2, 0) is 14.9 Å². The fraction of sp³-hybridized carbons (Fsp3) is 0.462. The van der Waals surface area contributed by atoms with E-state index in [0.29, 0.717) is 0 Å². The molecule has 1 aromatic rings. The normalized spacial score (nSPS) is 12.6. The SMILES string of the molecule is COC(=O)C(c1ccc(CBr)cc1)C(C)C. The van der Waals surface area contributed by atoms with Gasteiger partial charge in [0.05, 0.1) is 13.0 Å². The summed E-state index contributed by atoms with van der Waals surface area (Å²) in [5.74, 6) is -0.0989. The summed E-state index contributed by atoms with van der Waals surface area (Å²) >= 11 is 3.40. The van der Waals surface area contributed by atoms with E-state index in [1.54, 1.807) is 0 Å². The first-order chi connectivity index (χ1) is 7.60. The third-order valence-corrected chi connectivity index (χ3v) is 3.26.